The summed E-state index contributed by atoms with van der Waals surface area (Å²) in [4.78, 5) is 4.02. The van der Waals surface area contributed by atoms with Crippen LogP contribution in [0.5, 0.6) is 0 Å². The minimum atomic E-state index is 0.945. The normalized spacial score (nSPS) is 9.13. The van der Waals surface area contributed by atoms with E-state index in [4.69, 9.17) is 0 Å². The van der Waals surface area contributed by atoms with Gasteiger partial charge in [-0.2, -0.15) is 0 Å². The number of aromatic nitrogens is 1. The van der Waals surface area contributed by atoms with Crippen LogP contribution in [0.1, 0.15) is 16.7 Å². The van der Waals surface area contributed by atoms with E-state index in [2.05, 4.69) is 29.8 Å². The molecule has 1 nitrogen and oxygen atoms in total. The molecule has 0 saturated carbocycles. The van der Waals surface area contributed by atoms with Crippen molar-refractivity contribution in [3.05, 3.63) is 65.5 Å². The van der Waals surface area contributed by atoms with Gasteiger partial charge in [-0.15, -0.1) is 0 Å². The molecule has 0 radical (unpaired) electrons. The first-order chi connectivity index (χ1) is 7.36. The third-order valence-corrected chi connectivity index (χ3v) is 2.15. The molecule has 72 valence electrons. The minimum absolute atomic E-state index is 0.945. The number of pyridine rings is 1. The van der Waals surface area contributed by atoms with E-state index >= 15 is 0 Å². The maximum atomic E-state index is 4.02. The van der Waals surface area contributed by atoms with Gasteiger partial charge in [-0.25, -0.2) is 0 Å². The number of hydrogen-bond acceptors (Lipinski definition) is 1. The van der Waals surface area contributed by atoms with Crippen molar-refractivity contribution in [1.29, 1.82) is 0 Å². The molecular weight excluding hydrogens is 182 g/mol. The molecule has 0 amide bonds. The largest absolute Gasteiger partial charge is 0.263 e. The summed E-state index contributed by atoms with van der Waals surface area (Å²) >= 11 is 0. The van der Waals surface area contributed by atoms with Gasteiger partial charge in [-0.3, -0.25) is 4.98 Å². The predicted molar refractivity (Wildman–Crippen MR) is 61.4 cm³/mol. The highest BCUT2D eigenvalue weighted by Gasteiger charge is 1.90. The molecule has 0 unspecified atom stereocenters. The van der Waals surface area contributed by atoms with Crippen molar-refractivity contribution in [2.75, 3.05) is 0 Å². The van der Waals surface area contributed by atoms with Crippen LogP contribution in [0.25, 0.3) is 0 Å². The molecule has 0 aliphatic heterocycles. The molecule has 0 spiro atoms. The molecule has 0 aliphatic carbocycles. The fourth-order valence-electron chi connectivity index (χ4n) is 1.29. The Balaban J connectivity index is 2.31. The number of rotatable bonds is 0. The molecule has 1 heteroatoms. The van der Waals surface area contributed by atoms with E-state index in [1.807, 2.05) is 30.3 Å². The number of nitrogens with zero attached hydrogens (tertiary/aromatic N) is 1. The van der Waals surface area contributed by atoms with Gasteiger partial charge in [0.2, 0.25) is 0 Å². The maximum Gasteiger partial charge on any atom is 0.0432 e. The Hall–Kier alpha value is -2.07. The van der Waals surface area contributed by atoms with Crippen molar-refractivity contribution in [3.8, 4) is 11.8 Å². The maximum absolute atomic E-state index is 4.02. The van der Waals surface area contributed by atoms with Crippen molar-refractivity contribution in [2.24, 2.45) is 0 Å². The van der Waals surface area contributed by atoms with Gasteiger partial charge >= 0.3 is 0 Å². The second-order valence-corrected chi connectivity index (χ2v) is 3.31. The Morgan fingerprint density at radius 3 is 2.60 bits per heavy atom. The van der Waals surface area contributed by atoms with Gasteiger partial charge in [-0.05, 0) is 30.7 Å². The second kappa shape index (κ2) is 4.43. The van der Waals surface area contributed by atoms with Gasteiger partial charge in [0.25, 0.3) is 0 Å². The highest BCUT2D eigenvalue weighted by molar-refractivity contribution is 5.45. The van der Waals surface area contributed by atoms with Gasteiger partial charge in [0.05, 0.1) is 0 Å². The Labute approximate surface area is 89.8 Å². The molecule has 0 N–H and O–H groups in total. The molecule has 0 atom stereocenters. The van der Waals surface area contributed by atoms with E-state index in [1.54, 1.807) is 12.4 Å². The molecular formula is C14H11N. The molecule has 0 bridgehead atoms. The average molecular weight is 193 g/mol. The zero-order chi connectivity index (χ0) is 10.5. The fraction of sp³-hybridized carbons (Fsp3) is 0.0714. The lowest BCUT2D eigenvalue weighted by Gasteiger charge is -1.94. The summed E-state index contributed by atoms with van der Waals surface area (Å²) in [5.41, 5.74) is 3.22. The average Bonchev–Trinajstić information content (AvgIpc) is 2.29. The standard InChI is InChI=1S/C14H11N/c1-12-5-2-3-7-14(12)9-8-13-6-4-10-15-11-13/h2-7,10-11H,1H3. The van der Waals surface area contributed by atoms with Gasteiger partial charge < -0.3 is 0 Å². The molecule has 15 heavy (non-hydrogen) atoms. The van der Waals surface area contributed by atoms with E-state index in [0.717, 1.165) is 11.1 Å². The van der Waals surface area contributed by atoms with Gasteiger partial charge in [-0.1, -0.05) is 30.0 Å². The Morgan fingerprint density at radius 2 is 1.87 bits per heavy atom. The first kappa shape index (κ1) is 9.48. The molecule has 2 aromatic rings. The molecule has 2 rings (SSSR count). The highest BCUT2D eigenvalue weighted by atomic mass is 14.6. The van der Waals surface area contributed by atoms with Crippen LogP contribution >= 0.6 is 0 Å². The monoisotopic (exact) mass is 193 g/mol. The summed E-state index contributed by atoms with van der Waals surface area (Å²) < 4.78 is 0. The molecule has 0 fully saturated rings. The Bertz CT molecular complexity index is 504. The first-order valence-electron chi connectivity index (χ1n) is 4.84. The van der Waals surface area contributed by atoms with E-state index in [-0.39, 0.29) is 0 Å². The van der Waals surface area contributed by atoms with Crippen LogP contribution in [-0.2, 0) is 0 Å². The summed E-state index contributed by atoms with van der Waals surface area (Å²) in [6, 6.07) is 12.0. The second-order valence-electron chi connectivity index (χ2n) is 3.31. The van der Waals surface area contributed by atoms with Gasteiger partial charge in [0.1, 0.15) is 0 Å². The van der Waals surface area contributed by atoms with Crippen LogP contribution in [0.15, 0.2) is 48.8 Å². The molecule has 0 aliphatic rings. The zero-order valence-corrected chi connectivity index (χ0v) is 8.57. The third kappa shape index (κ3) is 2.45. The number of benzene rings is 1. The van der Waals surface area contributed by atoms with Crippen LogP contribution in [0.2, 0.25) is 0 Å². The Kier molecular flexibility index (Phi) is 2.80. The van der Waals surface area contributed by atoms with Crippen molar-refractivity contribution in [3.63, 3.8) is 0 Å². The molecule has 1 heterocycles. The van der Waals surface area contributed by atoms with Crippen LogP contribution in [0.4, 0.5) is 0 Å². The lowest BCUT2D eigenvalue weighted by molar-refractivity contribution is 1.31. The summed E-state index contributed by atoms with van der Waals surface area (Å²) in [6.45, 7) is 2.06. The fourth-order valence-corrected chi connectivity index (χ4v) is 1.29. The number of aryl methyl sites for hydroxylation is 1. The summed E-state index contributed by atoms with van der Waals surface area (Å²) in [7, 11) is 0. The van der Waals surface area contributed by atoms with Gasteiger partial charge in [0, 0.05) is 23.5 Å². The third-order valence-electron chi connectivity index (χ3n) is 2.15. The van der Waals surface area contributed by atoms with Crippen molar-refractivity contribution >= 4 is 0 Å². The minimum Gasteiger partial charge on any atom is -0.263 e. The SMILES string of the molecule is Cc1ccccc1C#Cc1cccnc1. The lowest BCUT2D eigenvalue weighted by Crippen LogP contribution is -1.80. The summed E-state index contributed by atoms with van der Waals surface area (Å²) in [6.07, 6.45) is 3.52. The van der Waals surface area contributed by atoms with E-state index in [1.165, 1.54) is 5.56 Å². The predicted octanol–water partition coefficient (Wildman–Crippen LogP) is 2.79. The van der Waals surface area contributed by atoms with Crippen molar-refractivity contribution in [2.45, 2.75) is 6.92 Å². The van der Waals surface area contributed by atoms with E-state index < -0.39 is 0 Å². The molecule has 1 aromatic carbocycles. The number of hydrogen-bond donors (Lipinski definition) is 0. The smallest absolute Gasteiger partial charge is 0.0432 e. The first-order valence-corrected chi connectivity index (χ1v) is 4.84. The highest BCUT2D eigenvalue weighted by Crippen LogP contribution is 2.05. The molecule has 0 saturated heterocycles. The Morgan fingerprint density at radius 1 is 1.00 bits per heavy atom. The van der Waals surface area contributed by atoms with Gasteiger partial charge in [0.15, 0.2) is 0 Å². The quantitative estimate of drug-likeness (QED) is 0.586. The van der Waals surface area contributed by atoms with Crippen LogP contribution in [0, 0.1) is 18.8 Å². The molecule has 1 aromatic heterocycles. The zero-order valence-electron chi connectivity index (χ0n) is 8.57. The van der Waals surface area contributed by atoms with E-state index in [0.29, 0.717) is 0 Å². The van der Waals surface area contributed by atoms with Crippen LogP contribution < -0.4 is 0 Å². The summed E-state index contributed by atoms with van der Waals surface area (Å²) in [5, 5.41) is 0. The van der Waals surface area contributed by atoms with Crippen LogP contribution in [-0.4, -0.2) is 4.98 Å². The lowest BCUT2D eigenvalue weighted by atomic mass is 10.1. The topological polar surface area (TPSA) is 12.9 Å². The van der Waals surface area contributed by atoms with Crippen molar-refractivity contribution in [1.82, 2.24) is 4.98 Å². The van der Waals surface area contributed by atoms with Crippen molar-refractivity contribution < 1.29 is 0 Å². The summed E-state index contributed by atoms with van der Waals surface area (Å²) in [5.74, 6) is 6.23. The van der Waals surface area contributed by atoms with Crippen LogP contribution in [0.3, 0.4) is 0 Å². The van der Waals surface area contributed by atoms with E-state index in [9.17, 15) is 0 Å².